The monoisotopic (exact) mass is 437 g/mol. The number of rotatable bonds is 8. The molecule has 5 nitrogen and oxygen atoms in total. The first kappa shape index (κ1) is 20.8. The van der Waals surface area contributed by atoms with Gasteiger partial charge in [-0.15, -0.1) is 11.3 Å². The molecule has 0 bridgehead atoms. The predicted molar refractivity (Wildman–Crippen MR) is 121 cm³/mol. The summed E-state index contributed by atoms with van der Waals surface area (Å²) in [4.78, 5) is 22.7. The van der Waals surface area contributed by atoms with E-state index in [1.807, 2.05) is 43.5 Å². The third-order valence-electron chi connectivity index (χ3n) is 4.64. The van der Waals surface area contributed by atoms with Crippen LogP contribution >= 0.6 is 23.1 Å². The van der Waals surface area contributed by atoms with E-state index in [9.17, 15) is 4.79 Å². The molecule has 0 saturated heterocycles. The minimum Gasteiger partial charge on any atom is -0.484 e. The molecular weight excluding hydrogens is 414 g/mol. The van der Waals surface area contributed by atoms with Gasteiger partial charge >= 0.3 is 0 Å². The molecule has 1 aliphatic rings. The number of nitrogens with one attached hydrogen (secondary N) is 1. The Balaban J connectivity index is 1.72. The third kappa shape index (κ3) is 4.98. The summed E-state index contributed by atoms with van der Waals surface area (Å²) in [5.41, 5.74) is 2.84. The molecule has 1 unspecified atom stereocenters. The Morgan fingerprint density at radius 1 is 1.37 bits per heavy atom. The molecule has 0 fully saturated rings. The number of ether oxygens (including phenoxy) is 1. The van der Waals surface area contributed by atoms with Crippen molar-refractivity contribution in [3.05, 3.63) is 65.4 Å². The van der Waals surface area contributed by atoms with E-state index in [4.69, 9.17) is 9.72 Å². The van der Waals surface area contributed by atoms with E-state index < -0.39 is 0 Å². The molecule has 1 aliphatic heterocycles. The van der Waals surface area contributed by atoms with E-state index in [2.05, 4.69) is 27.8 Å². The Kier molecular flexibility index (Phi) is 6.94. The van der Waals surface area contributed by atoms with Crippen LogP contribution in [0.5, 0.6) is 5.06 Å². The number of benzene rings is 1. The fourth-order valence-corrected chi connectivity index (χ4v) is 5.13. The molecule has 0 amide bonds. The number of carbonyl (C=O) groups excluding carboxylic acids is 1. The Bertz CT molecular complexity index is 1050. The van der Waals surface area contributed by atoms with Crippen LogP contribution in [-0.2, 0) is 11.2 Å². The number of aldehydes is 1. The van der Waals surface area contributed by atoms with Gasteiger partial charge in [0.15, 0.2) is 5.06 Å². The van der Waals surface area contributed by atoms with Crippen LogP contribution in [0.3, 0.4) is 0 Å². The number of thiophene rings is 1. The van der Waals surface area contributed by atoms with Gasteiger partial charge in [0.1, 0.15) is 12.1 Å². The zero-order valence-electron chi connectivity index (χ0n) is 16.7. The van der Waals surface area contributed by atoms with Crippen molar-refractivity contribution in [2.45, 2.75) is 35.6 Å². The lowest BCUT2D eigenvalue weighted by Crippen LogP contribution is -2.25. The van der Waals surface area contributed by atoms with Gasteiger partial charge in [0.2, 0.25) is 0 Å². The lowest BCUT2D eigenvalue weighted by Gasteiger charge is -2.18. The summed E-state index contributed by atoms with van der Waals surface area (Å²) >= 11 is 3.22. The zero-order valence-corrected chi connectivity index (χ0v) is 18.3. The summed E-state index contributed by atoms with van der Waals surface area (Å²) in [7, 11) is 0. The van der Waals surface area contributed by atoms with E-state index in [-0.39, 0.29) is 6.04 Å². The van der Waals surface area contributed by atoms with Crippen LogP contribution in [0.4, 0.5) is 0 Å². The van der Waals surface area contributed by atoms with Crippen LogP contribution in [0, 0.1) is 0 Å². The summed E-state index contributed by atoms with van der Waals surface area (Å²) in [6.45, 7) is 3.55. The molecule has 0 radical (unpaired) electrons. The lowest BCUT2D eigenvalue weighted by molar-refractivity contribution is -0.107. The number of carbonyl (C=O) groups is 1. The molecule has 0 spiro atoms. The van der Waals surface area contributed by atoms with Gasteiger partial charge in [-0.2, -0.15) is 0 Å². The maximum absolute atomic E-state index is 11.0. The highest BCUT2D eigenvalue weighted by molar-refractivity contribution is 7.99. The van der Waals surface area contributed by atoms with E-state index in [0.717, 1.165) is 56.8 Å². The lowest BCUT2D eigenvalue weighted by atomic mass is 10.1. The van der Waals surface area contributed by atoms with E-state index in [1.165, 1.54) is 0 Å². The second kappa shape index (κ2) is 10.0. The van der Waals surface area contributed by atoms with Gasteiger partial charge in [-0.25, -0.2) is 9.97 Å². The summed E-state index contributed by atoms with van der Waals surface area (Å²) in [6, 6.07) is 10.1. The first-order valence-electron chi connectivity index (χ1n) is 9.96. The quantitative estimate of drug-likeness (QED) is 0.391. The van der Waals surface area contributed by atoms with Crippen LogP contribution in [0.1, 0.15) is 30.8 Å². The summed E-state index contributed by atoms with van der Waals surface area (Å²) in [5, 5.41) is 6.44. The Labute approximate surface area is 184 Å². The molecule has 3 heterocycles. The number of hydrogen-bond acceptors (Lipinski definition) is 7. The first-order valence-corrected chi connectivity index (χ1v) is 11.7. The molecule has 0 saturated carbocycles. The van der Waals surface area contributed by atoms with Crippen molar-refractivity contribution in [3.63, 3.8) is 0 Å². The molecule has 3 aromatic rings. The topological polar surface area (TPSA) is 64.1 Å². The van der Waals surface area contributed by atoms with E-state index >= 15 is 0 Å². The predicted octanol–water partition coefficient (Wildman–Crippen LogP) is 5.09. The van der Waals surface area contributed by atoms with Gasteiger partial charge < -0.3 is 14.8 Å². The van der Waals surface area contributed by atoms with Crippen LogP contribution in [0.25, 0.3) is 11.3 Å². The van der Waals surface area contributed by atoms with Crippen molar-refractivity contribution in [2.75, 3.05) is 13.2 Å². The smallest absolute Gasteiger partial charge is 0.174 e. The Hall–Kier alpha value is -2.48. The molecule has 1 N–H and O–H groups in total. The van der Waals surface area contributed by atoms with Crippen molar-refractivity contribution < 1.29 is 9.53 Å². The average molecular weight is 438 g/mol. The van der Waals surface area contributed by atoms with Crippen molar-refractivity contribution in [1.29, 1.82) is 0 Å². The van der Waals surface area contributed by atoms with Crippen LogP contribution in [-0.4, -0.2) is 29.4 Å². The van der Waals surface area contributed by atoms with Crippen molar-refractivity contribution in [2.24, 2.45) is 0 Å². The van der Waals surface area contributed by atoms with Gasteiger partial charge in [-0.1, -0.05) is 42.1 Å². The molecule has 1 aromatic carbocycles. The highest BCUT2D eigenvalue weighted by Crippen LogP contribution is 2.39. The fraction of sp³-hybridized carbons (Fsp3) is 0.261. The molecule has 1 atom stereocenters. The number of hydrogen-bond donors (Lipinski definition) is 1. The van der Waals surface area contributed by atoms with Crippen molar-refractivity contribution in [3.8, 4) is 16.3 Å². The second-order valence-corrected chi connectivity index (χ2v) is 8.79. The highest BCUT2D eigenvalue weighted by Gasteiger charge is 2.18. The average Bonchev–Trinajstić information content (AvgIpc) is 3.22. The first-order chi connectivity index (χ1) is 14.8. The SMILES string of the molecule is CCOc1cc(Sc2cnc(C3C=CCCN3)nc2-c2cccc(CC=O)c2)cs1. The van der Waals surface area contributed by atoms with Gasteiger partial charge in [-0.3, -0.25) is 0 Å². The summed E-state index contributed by atoms with van der Waals surface area (Å²) < 4.78 is 5.61. The van der Waals surface area contributed by atoms with Crippen molar-refractivity contribution >= 4 is 29.4 Å². The number of aromatic nitrogens is 2. The molecule has 2 aromatic heterocycles. The van der Waals surface area contributed by atoms with Gasteiger partial charge in [0, 0.05) is 34.5 Å². The van der Waals surface area contributed by atoms with Crippen molar-refractivity contribution in [1.82, 2.24) is 15.3 Å². The summed E-state index contributed by atoms with van der Waals surface area (Å²) in [6.07, 6.45) is 8.52. The van der Waals surface area contributed by atoms with E-state index in [1.54, 1.807) is 23.1 Å². The molecule has 0 aliphatic carbocycles. The minimum atomic E-state index is 0.0143. The second-order valence-electron chi connectivity index (χ2n) is 6.80. The summed E-state index contributed by atoms with van der Waals surface area (Å²) in [5.74, 6) is 0.756. The normalized spacial score (nSPS) is 15.8. The molecule has 154 valence electrons. The molecule has 30 heavy (non-hydrogen) atoms. The standard InChI is InChI=1S/C23H23N3O2S2/c1-2-28-21-13-18(15-29-21)30-20-14-25-23(19-8-3-4-10-24-19)26-22(20)17-7-5-6-16(12-17)9-11-27/h3,5-8,11-15,19,24H,2,4,9-10H2,1H3. The van der Waals surface area contributed by atoms with E-state index in [0.29, 0.717) is 13.0 Å². The maximum atomic E-state index is 11.0. The van der Waals surface area contributed by atoms with Crippen LogP contribution < -0.4 is 10.1 Å². The van der Waals surface area contributed by atoms with Gasteiger partial charge in [0.25, 0.3) is 0 Å². The maximum Gasteiger partial charge on any atom is 0.174 e. The molecular formula is C23H23N3O2S2. The molecule has 4 rings (SSSR count). The zero-order chi connectivity index (χ0) is 20.8. The largest absolute Gasteiger partial charge is 0.484 e. The molecule has 7 heteroatoms. The van der Waals surface area contributed by atoms with Gasteiger partial charge in [0.05, 0.1) is 23.2 Å². The van der Waals surface area contributed by atoms with Crippen LogP contribution in [0.15, 0.2) is 63.9 Å². The van der Waals surface area contributed by atoms with Crippen LogP contribution in [0.2, 0.25) is 0 Å². The van der Waals surface area contributed by atoms with Gasteiger partial charge in [-0.05, 0) is 31.5 Å². The third-order valence-corrected chi connectivity index (χ3v) is 6.62. The number of nitrogens with zero attached hydrogens (tertiary/aromatic N) is 2. The highest BCUT2D eigenvalue weighted by atomic mass is 32.2. The Morgan fingerprint density at radius 2 is 2.30 bits per heavy atom. The minimum absolute atomic E-state index is 0.0143. The Morgan fingerprint density at radius 3 is 3.10 bits per heavy atom. The fourth-order valence-electron chi connectivity index (χ4n) is 3.26.